The molecule has 2 rings (SSSR count). The van der Waals surface area contributed by atoms with Crippen LogP contribution in [0.3, 0.4) is 0 Å². The number of furan rings is 1. The molecule has 0 aliphatic carbocycles. The van der Waals surface area contributed by atoms with Gasteiger partial charge in [-0.3, -0.25) is 4.79 Å². The third-order valence-electron chi connectivity index (χ3n) is 2.88. The van der Waals surface area contributed by atoms with Gasteiger partial charge in [0, 0.05) is 12.1 Å². The zero-order valence-corrected chi connectivity index (χ0v) is 11.3. The Hall–Kier alpha value is -2.56. The SMILES string of the molecule is CCc1occc1C(=O)Nc1ccc(C(=O)OC)cc1. The van der Waals surface area contributed by atoms with Gasteiger partial charge in [-0.1, -0.05) is 6.92 Å². The fourth-order valence-electron chi connectivity index (χ4n) is 1.82. The molecule has 0 atom stereocenters. The maximum atomic E-state index is 12.1. The number of carbonyl (C=O) groups is 2. The lowest BCUT2D eigenvalue weighted by Gasteiger charge is -2.05. The molecule has 1 heterocycles. The van der Waals surface area contributed by atoms with Gasteiger partial charge >= 0.3 is 5.97 Å². The monoisotopic (exact) mass is 273 g/mol. The molecule has 5 heteroatoms. The predicted molar refractivity (Wildman–Crippen MR) is 73.8 cm³/mol. The van der Waals surface area contributed by atoms with E-state index in [0.29, 0.717) is 29.0 Å². The van der Waals surface area contributed by atoms with Crippen LogP contribution in [-0.2, 0) is 11.2 Å². The fourth-order valence-corrected chi connectivity index (χ4v) is 1.82. The van der Waals surface area contributed by atoms with Crippen LogP contribution in [-0.4, -0.2) is 19.0 Å². The molecule has 1 aromatic heterocycles. The molecule has 20 heavy (non-hydrogen) atoms. The number of hydrogen-bond acceptors (Lipinski definition) is 4. The second-order valence-electron chi connectivity index (χ2n) is 4.13. The highest BCUT2D eigenvalue weighted by molar-refractivity contribution is 6.05. The molecule has 2 aromatic rings. The molecule has 0 radical (unpaired) electrons. The lowest BCUT2D eigenvalue weighted by atomic mass is 10.2. The van der Waals surface area contributed by atoms with Crippen molar-refractivity contribution in [2.24, 2.45) is 0 Å². The smallest absolute Gasteiger partial charge is 0.337 e. The minimum absolute atomic E-state index is 0.235. The largest absolute Gasteiger partial charge is 0.469 e. The number of esters is 1. The Bertz CT molecular complexity index is 613. The summed E-state index contributed by atoms with van der Waals surface area (Å²) in [6, 6.07) is 8.12. The molecule has 0 saturated carbocycles. The van der Waals surface area contributed by atoms with Crippen molar-refractivity contribution in [1.29, 1.82) is 0 Å². The number of ether oxygens (including phenoxy) is 1. The maximum Gasteiger partial charge on any atom is 0.337 e. The zero-order valence-electron chi connectivity index (χ0n) is 11.3. The number of hydrogen-bond donors (Lipinski definition) is 1. The molecule has 0 aliphatic heterocycles. The Morgan fingerprint density at radius 2 is 1.90 bits per heavy atom. The molecular weight excluding hydrogens is 258 g/mol. The number of amides is 1. The molecule has 1 N–H and O–H groups in total. The second-order valence-corrected chi connectivity index (χ2v) is 4.13. The van der Waals surface area contributed by atoms with E-state index >= 15 is 0 Å². The van der Waals surface area contributed by atoms with E-state index < -0.39 is 5.97 Å². The van der Waals surface area contributed by atoms with E-state index in [1.54, 1.807) is 30.3 Å². The second kappa shape index (κ2) is 6.06. The number of aryl methyl sites for hydroxylation is 1. The first-order valence-corrected chi connectivity index (χ1v) is 6.21. The Morgan fingerprint density at radius 3 is 2.50 bits per heavy atom. The fraction of sp³-hybridized carbons (Fsp3) is 0.200. The Kier molecular flexibility index (Phi) is 4.20. The summed E-state index contributed by atoms with van der Waals surface area (Å²) < 4.78 is 9.82. The number of carbonyl (C=O) groups excluding carboxylic acids is 2. The van der Waals surface area contributed by atoms with E-state index in [1.807, 2.05) is 6.92 Å². The van der Waals surface area contributed by atoms with Crippen LogP contribution in [0.4, 0.5) is 5.69 Å². The first kappa shape index (κ1) is 13.9. The van der Waals surface area contributed by atoms with E-state index in [9.17, 15) is 9.59 Å². The lowest BCUT2D eigenvalue weighted by Crippen LogP contribution is -2.13. The van der Waals surface area contributed by atoms with Gasteiger partial charge in [-0.05, 0) is 30.3 Å². The summed E-state index contributed by atoms with van der Waals surface area (Å²) in [6.45, 7) is 1.92. The van der Waals surface area contributed by atoms with Crippen molar-refractivity contribution >= 4 is 17.6 Å². The topological polar surface area (TPSA) is 68.5 Å². The van der Waals surface area contributed by atoms with Gasteiger partial charge in [-0.15, -0.1) is 0 Å². The van der Waals surface area contributed by atoms with E-state index in [0.717, 1.165) is 0 Å². The van der Waals surface area contributed by atoms with Gasteiger partial charge in [0.2, 0.25) is 0 Å². The van der Waals surface area contributed by atoms with Crippen molar-refractivity contribution in [3.8, 4) is 0 Å². The van der Waals surface area contributed by atoms with Crippen LogP contribution in [0.25, 0.3) is 0 Å². The molecule has 1 amide bonds. The molecule has 104 valence electrons. The highest BCUT2D eigenvalue weighted by Gasteiger charge is 2.13. The number of nitrogens with one attached hydrogen (secondary N) is 1. The average molecular weight is 273 g/mol. The van der Waals surface area contributed by atoms with Crippen LogP contribution in [0.5, 0.6) is 0 Å². The quantitative estimate of drug-likeness (QED) is 0.870. The third-order valence-corrected chi connectivity index (χ3v) is 2.88. The Balaban J connectivity index is 2.10. The third kappa shape index (κ3) is 2.88. The predicted octanol–water partition coefficient (Wildman–Crippen LogP) is 2.88. The highest BCUT2D eigenvalue weighted by atomic mass is 16.5. The van der Waals surface area contributed by atoms with Gasteiger partial charge in [-0.2, -0.15) is 0 Å². The van der Waals surface area contributed by atoms with Crippen LogP contribution in [0, 0.1) is 0 Å². The zero-order chi connectivity index (χ0) is 14.5. The summed E-state index contributed by atoms with van der Waals surface area (Å²) >= 11 is 0. The molecule has 5 nitrogen and oxygen atoms in total. The van der Waals surface area contributed by atoms with Crippen molar-refractivity contribution in [1.82, 2.24) is 0 Å². The minimum atomic E-state index is -0.411. The number of benzene rings is 1. The highest BCUT2D eigenvalue weighted by Crippen LogP contribution is 2.15. The van der Waals surface area contributed by atoms with Crippen LogP contribution in [0.15, 0.2) is 41.0 Å². The molecule has 0 aliphatic rings. The number of rotatable bonds is 4. The van der Waals surface area contributed by atoms with Crippen LogP contribution >= 0.6 is 0 Å². The molecular formula is C15H15NO4. The first-order chi connectivity index (χ1) is 9.65. The number of methoxy groups -OCH3 is 1. The van der Waals surface area contributed by atoms with Crippen LogP contribution in [0.2, 0.25) is 0 Å². The number of anilines is 1. The average Bonchev–Trinajstić information content (AvgIpc) is 2.95. The van der Waals surface area contributed by atoms with Crippen molar-refractivity contribution in [3.05, 3.63) is 53.5 Å². The van der Waals surface area contributed by atoms with Crippen molar-refractivity contribution in [2.75, 3.05) is 12.4 Å². The summed E-state index contributed by atoms with van der Waals surface area (Å²) in [4.78, 5) is 23.4. The van der Waals surface area contributed by atoms with Crippen molar-refractivity contribution in [3.63, 3.8) is 0 Å². The van der Waals surface area contributed by atoms with Gasteiger partial charge in [0.1, 0.15) is 5.76 Å². The first-order valence-electron chi connectivity index (χ1n) is 6.21. The van der Waals surface area contributed by atoms with Gasteiger partial charge in [0.05, 0.1) is 24.5 Å². The van der Waals surface area contributed by atoms with Gasteiger partial charge in [0.15, 0.2) is 0 Å². The standard InChI is InChI=1S/C15H15NO4/c1-3-13-12(8-9-20-13)14(17)16-11-6-4-10(5-7-11)15(18)19-2/h4-9H,3H2,1-2H3,(H,16,17). The molecule has 1 aromatic carbocycles. The Labute approximate surface area is 116 Å². The van der Waals surface area contributed by atoms with E-state index in [4.69, 9.17) is 4.42 Å². The van der Waals surface area contributed by atoms with Crippen molar-refractivity contribution in [2.45, 2.75) is 13.3 Å². The summed E-state index contributed by atoms with van der Waals surface area (Å²) in [5.41, 5.74) is 1.55. The van der Waals surface area contributed by atoms with E-state index in [1.165, 1.54) is 13.4 Å². The molecule has 0 saturated heterocycles. The molecule has 0 bridgehead atoms. The minimum Gasteiger partial charge on any atom is -0.469 e. The normalized spacial score (nSPS) is 10.1. The summed E-state index contributed by atoms with van der Waals surface area (Å²) in [5, 5.41) is 2.75. The molecule has 0 fully saturated rings. The maximum absolute atomic E-state index is 12.1. The van der Waals surface area contributed by atoms with Crippen molar-refractivity contribution < 1.29 is 18.7 Å². The van der Waals surface area contributed by atoms with Gasteiger partial charge in [-0.25, -0.2) is 4.79 Å². The van der Waals surface area contributed by atoms with Crippen LogP contribution < -0.4 is 5.32 Å². The summed E-state index contributed by atoms with van der Waals surface area (Å²) in [7, 11) is 1.32. The van der Waals surface area contributed by atoms with Gasteiger partial charge < -0.3 is 14.5 Å². The summed E-state index contributed by atoms with van der Waals surface area (Å²) in [6.07, 6.45) is 2.14. The molecule has 0 unspecified atom stereocenters. The van der Waals surface area contributed by atoms with E-state index in [2.05, 4.69) is 10.1 Å². The summed E-state index contributed by atoms with van der Waals surface area (Å²) in [5.74, 6) is 0.000999. The van der Waals surface area contributed by atoms with Gasteiger partial charge in [0.25, 0.3) is 5.91 Å². The Morgan fingerprint density at radius 1 is 1.20 bits per heavy atom. The lowest BCUT2D eigenvalue weighted by molar-refractivity contribution is 0.0600. The van der Waals surface area contributed by atoms with E-state index in [-0.39, 0.29) is 5.91 Å². The van der Waals surface area contributed by atoms with Crippen LogP contribution in [0.1, 0.15) is 33.4 Å². The molecule has 0 spiro atoms.